The molecule has 13 heavy (non-hydrogen) atoms. The van der Waals surface area contributed by atoms with Gasteiger partial charge in [0.25, 0.3) is 0 Å². The average Bonchev–Trinajstić information content (AvgIpc) is 2.21. The Hall–Kier alpha value is -0.638. The molecule has 0 aliphatic rings. The first-order valence-corrected chi connectivity index (χ1v) is 8.89. The van der Waals surface area contributed by atoms with E-state index in [0.29, 0.717) is 0 Å². The van der Waals surface area contributed by atoms with E-state index in [-0.39, 0.29) is 0 Å². The normalized spacial score (nSPS) is 9.85. The van der Waals surface area contributed by atoms with Crippen molar-refractivity contribution in [3.05, 3.63) is 60.7 Å². The summed E-state index contributed by atoms with van der Waals surface area (Å²) >= 11 is -0.866. The zero-order valence-electron chi connectivity index (χ0n) is 7.35. The van der Waals surface area contributed by atoms with Crippen molar-refractivity contribution in [2.45, 2.75) is 0 Å². The van der Waals surface area contributed by atoms with Crippen LogP contribution < -0.4 is 6.25 Å². The Kier molecular flexibility index (Phi) is 3.13. The van der Waals surface area contributed by atoms with Crippen LogP contribution in [-0.2, 0) is 0 Å². The summed E-state index contributed by atoms with van der Waals surface area (Å²) < 4.78 is 3.16. The fraction of sp³-hybridized carbons (Fsp3) is 0. The first-order chi connectivity index (χ1) is 6.45. The average molecular weight is 362 g/mol. The minimum atomic E-state index is -0.866. The summed E-state index contributed by atoms with van der Waals surface area (Å²) in [7, 11) is 0. The number of benzene rings is 2. The van der Waals surface area contributed by atoms with Crippen molar-refractivity contribution in [2.75, 3.05) is 0 Å². The maximum absolute atomic E-state index is 2.25. The van der Waals surface area contributed by atoms with Crippen LogP contribution in [0.15, 0.2) is 60.7 Å². The molecule has 0 bridgehead atoms. The van der Waals surface area contributed by atoms with Crippen molar-refractivity contribution in [3.63, 3.8) is 0 Å². The van der Waals surface area contributed by atoms with E-state index >= 15 is 0 Å². The third-order valence-electron chi connectivity index (χ3n) is 1.93. The fourth-order valence-corrected chi connectivity index (χ4v) is 6.01. The summed E-state index contributed by atoms with van der Waals surface area (Å²) in [4.78, 5) is 0. The van der Waals surface area contributed by atoms with E-state index in [0.717, 1.165) is 0 Å². The molecule has 1 heteroatoms. The fourth-order valence-electron chi connectivity index (χ4n) is 1.29. The molecule has 63 valence electrons. The van der Waals surface area contributed by atoms with E-state index in [2.05, 4.69) is 60.7 Å². The van der Waals surface area contributed by atoms with Crippen molar-refractivity contribution >= 4 is 30.5 Å². The molecule has 0 fully saturated rings. The monoisotopic (exact) mass is 363 g/mol. The molecule has 0 aliphatic carbocycles. The Bertz CT molecular complexity index is 316. The van der Waals surface area contributed by atoms with Gasteiger partial charge in [0.15, 0.2) is 0 Å². The van der Waals surface area contributed by atoms with Gasteiger partial charge in [-0.3, -0.25) is 0 Å². The standard InChI is InChI=1S/2C6H5.Pb.H/c2*1-2-4-6-5-3-1;;/h2*1-5H;;. The van der Waals surface area contributed by atoms with Crippen molar-refractivity contribution in [3.8, 4) is 0 Å². The van der Waals surface area contributed by atoms with Gasteiger partial charge in [0.1, 0.15) is 0 Å². The summed E-state index contributed by atoms with van der Waals surface area (Å²) in [5.41, 5.74) is 0. The molecule has 0 heterocycles. The third-order valence-corrected chi connectivity index (χ3v) is 7.52. The second-order valence-electron chi connectivity index (χ2n) is 2.97. The molecular formula is C12H11Pb. The number of rotatable bonds is 2. The molecule has 0 aliphatic heterocycles. The summed E-state index contributed by atoms with van der Waals surface area (Å²) in [6.07, 6.45) is 0. The summed E-state index contributed by atoms with van der Waals surface area (Å²) in [6.45, 7) is 0. The minimum absolute atomic E-state index is 0.866. The summed E-state index contributed by atoms with van der Waals surface area (Å²) in [6, 6.07) is 21.7. The van der Waals surface area contributed by atoms with Crippen LogP contribution in [-0.4, -0.2) is 24.2 Å². The maximum atomic E-state index is 2.25. The second-order valence-corrected chi connectivity index (χ2v) is 9.27. The topological polar surface area (TPSA) is 0 Å². The van der Waals surface area contributed by atoms with Crippen molar-refractivity contribution in [2.24, 2.45) is 0 Å². The van der Waals surface area contributed by atoms with Gasteiger partial charge in [-0.2, -0.15) is 0 Å². The molecule has 2 aromatic rings. The molecule has 0 amide bonds. The van der Waals surface area contributed by atoms with Gasteiger partial charge in [-0.15, -0.1) is 0 Å². The Morgan fingerprint density at radius 2 is 0.923 bits per heavy atom. The van der Waals surface area contributed by atoms with E-state index in [4.69, 9.17) is 0 Å². The second kappa shape index (κ2) is 4.56. The quantitative estimate of drug-likeness (QED) is 0.702. The molecule has 0 N–H and O–H groups in total. The van der Waals surface area contributed by atoms with Crippen LogP contribution in [0, 0.1) is 0 Å². The predicted octanol–water partition coefficient (Wildman–Crippen LogP) is 1.07. The zero-order valence-corrected chi connectivity index (χ0v) is 11.8. The zero-order chi connectivity index (χ0) is 8.93. The van der Waals surface area contributed by atoms with E-state index in [1.54, 1.807) is 6.25 Å². The van der Waals surface area contributed by atoms with Crippen LogP contribution in [0.5, 0.6) is 0 Å². The Balaban J connectivity index is 2.16. The Morgan fingerprint density at radius 1 is 0.538 bits per heavy atom. The molecule has 0 aromatic heterocycles. The summed E-state index contributed by atoms with van der Waals surface area (Å²) in [5, 5.41) is 0. The SMILES string of the molecule is c1cc[c]([PbH][c]2ccccc2)cc1. The molecule has 0 atom stereocenters. The van der Waals surface area contributed by atoms with Crippen LogP contribution in [0.2, 0.25) is 0 Å². The van der Waals surface area contributed by atoms with Crippen LogP contribution in [0.25, 0.3) is 0 Å². The van der Waals surface area contributed by atoms with E-state index in [9.17, 15) is 0 Å². The molecule has 2 rings (SSSR count). The van der Waals surface area contributed by atoms with Gasteiger partial charge in [0.2, 0.25) is 0 Å². The van der Waals surface area contributed by atoms with Gasteiger partial charge in [-0.25, -0.2) is 0 Å². The van der Waals surface area contributed by atoms with Gasteiger partial charge in [0, 0.05) is 0 Å². The predicted molar refractivity (Wildman–Crippen MR) is 59.3 cm³/mol. The molecule has 0 spiro atoms. The van der Waals surface area contributed by atoms with E-state index < -0.39 is 24.2 Å². The van der Waals surface area contributed by atoms with Crippen LogP contribution >= 0.6 is 0 Å². The van der Waals surface area contributed by atoms with Crippen molar-refractivity contribution in [1.82, 2.24) is 0 Å². The molecule has 1 radical (unpaired) electrons. The van der Waals surface area contributed by atoms with E-state index in [1.165, 1.54) is 0 Å². The molecule has 0 saturated carbocycles. The van der Waals surface area contributed by atoms with Crippen molar-refractivity contribution in [1.29, 1.82) is 0 Å². The molecule has 0 unspecified atom stereocenters. The summed E-state index contributed by atoms with van der Waals surface area (Å²) in [5.74, 6) is 0. The number of hydrogen-bond donors (Lipinski definition) is 0. The third kappa shape index (κ3) is 2.66. The molecule has 0 saturated heterocycles. The van der Waals surface area contributed by atoms with Crippen molar-refractivity contribution < 1.29 is 0 Å². The van der Waals surface area contributed by atoms with Gasteiger partial charge >= 0.3 is 91.1 Å². The molecular weight excluding hydrogens is 351 g/mol. The van der Waals surface area contributed by atoms with Gasteiger partial charge in [-0.1, -0.05) is 0 Å². The Morgan fingerprint density at radius 3 is 1.31 bits per heavy atom. The number of hydrogen-bond acceptors (Lipinski definition) is 0. The van der Waals surface area contributed by atoms with Gasteiger partial charge in [0.05, 0.1) is 0 Å². The van der Waals surface area contributed by atoms with Crippen LogP contribution in [0.1, 0.15) is 0 Å². The molecule has 2 aromatic carbocycles. The van der Waals surface area contributed by atoms with Crippen LogP contribution in [0.4, 0.5) is 0 Å². The van der Waals surface area contributed by atoms with E-state index in [1.807, 2.05) is 0 Å². The first kappa shape index (κ1) is 8.94. The van der Waals surface area contributed by atoms with Crippen LogP contribution in [0.3, 0.4) is 0 Å². The van der Waals surface area contributed by atoms with Gasteiger partial charge < -0.3 is 0 Å². The molecule has 0 nitrogen and oxygen atoms in total. The first-order valence-electron chi connectivity index (χ1n) is 4.40. The Labute approximate surface area is 90.8 Å². The van der Waals surface area contributed by atoms with Gasteiger partial charge in [-0.05, 0) is 0 Å².